The molecule has 0 bridgehead atoms. The normalized spacial score (nSPS) is 11.9. The van der Waals surface area contributed by atoms with Crippen LogP contribution in [0, 0.1) is 0 Å². The van der Waals surface area contributed by atoms with Crippen molar-refractivity contribution >= 4 is 28.6 Å². The SMILES string of the molecule is N/C(=N/O)c1ccnc(Sc2nc3ccccc3[nH]2)n1. The van der Waals surface area contributed by atoms with E-state index >= 15 is 0 Å². The minimum atomic E-state index is -0.0566. The van der Waals surface area contributed by atoms with E-state index in [2.05, 4.69) is 25.1 Å². The third-order valence-electron chi connectivity index (χ3n) is 2.56. The van der Waals surface area contributed by atoms with Crippen LogP contribution in [0.25, 0.3) is 11.0 Å². The van der Waals surface area contributed by atoms with E-state index < -0.39 is 0 Å². The third kappa shape index (κ3) is 2.41. The molecule has 4 N–H and O–H groups in total. The number of imidazole rings is 1. The van der Waals surface area contributed by atoms with E-state index in [1.165, 1.54) is 11.8 Å². The summed E-state index contributed by atoms with van der Waals surface area (Å²) in [5.41, 5.74) is 7.68. The first-order valence-corrected chi connectivity index (χ1v) is 6.51. The minimum Gasteiger partial charge on any atom is -0.409 e. The molecular formula is C12H10N6OS. The molecule has 0 saturated carbocycles. The lowest BCUT2D eigenvalue weighted by Crippen LogP contribution is -2.15. The van der Waals surface area contributed by atoms with Crippen molar-refractivity contribution in [1.82, 2.24) is 19.9 Å². The number of nitrogens with two attached hydrogens (primary N) is 1. The van der Waals surface area contributed by atoms with E-state index in [0.29, 0.717) is 16.0 Å². The van der Waals surface area contributed by atoms with Gasteiger partial charge < -0.3 is 15.9 Å². The van der Waals surface area contributed by atoms with E-state index in [0.717, 1.165) is 11.0 Å². The molecule has 2 aromatic heterocycles. The summed E-state index contributed by atoms with van der Waals surface area (Å²) < 4.78 is 0. The summed E-state index contributed by atoms with van der Waals surface area (Å²) in [6, 6.07) is 9.29. The molecule has 2 heterocycles. The lowest BCUT2D eigenvalue weighted by atomic mass is 10.3. The van der Waals surface area contributed by atoms with Crippen LogP contribution in [0.4, 0.5) is 0 Å². The highest BCUT2D eigenvalue weighted by atomic mass is 32.2. The molecule has 0 atom stereocenters. The van der Waals surface area contributed by atoms with Gasteiger partial charge in [-0.1, -0.05) is 17.3 Å². The van der Waals surface area contributed by atoms with Gasteiger partial charge in [-0.05, 0) is 30.0 Å². The molecule has 0 aliphatic heterocycles. The average molecular weight is 286 g/mol. The fraction of sp³-hybridized carbons (Fsp3) is 0. The van der Waals surface area contributed by atoms with Crippen LogP contribution in [-0.4, -0.2) is 31.0 Å². The quantitative estimate of drug-likeness (QED) is 0.221. The summed E-state index contributed by atoms with van der Waals surface area (Å²) in [4.78, 5) is 15.9. The smallest absolute Gasteiger partial charge is 0.196 e. The minimum absolute atomic E-state index is 0.0566. The molecule has 0 amide bonds. The number of hydrogen-bond donors (Lipinski definition) is 3. The van der Waals surface area contributed by atoms with Crippen LogP contribution in [-0.2, 0) is 0 Å². The van der Waals surface area contributed by atoms with Gasteiger partial charge in [0, 0.05) is 6.20 Å². The van der Waals surface area contributed by atoms with Crippen molar-refractivity contribution in [1.29, 1.82) is 0 Å². The Morgan fingerprint density at radius 1 is 1.25 bits per heavy atom. The Labute approximate surface area is 118 Å². The molecule has 0 fully saturated rings. The predicted octanol–water partition coefficient (Wildman–Crippen LogP) is 1.60. The molecule has 0 saturated heterocycles. The summed E-state index contributed by atoms with van der Waals surface area (Å²) in [7, 11) is 0. The predicted molar refractivity (Wildman–Crippen MR) is 74.8 cm³/mol. The van der Waals surface area contributed by atoms with Crippen LogP contribution in [0.5, 0.6) is 0 Å². The number of amidine groups is 1. The van der Waals surface area contributed by atoms with Crippen LogP contribution in [0.1, 0.15) is 5.69 Å². The first-order valence-electron chi connectivity index (χ1n) is 5.70. The monoisotopic (exact) mass is 286 g/mol. The van der Waals surface area contributed by atoms with E-state index in [-0.39, 0.29) is 5.84 Å². The number of aromatic amines is 1. The van der Waals surface area contributed by atoms with Crippen LogP contribution in [0.3, 0.4) is 0 Å². The number of benzene rings is 1. The van der Waals surface area contributed by atoms with Gasteiger partial charge in [0.05, 0.1) is 11.0 Å². The molecule has 20 heavy (non-hydrogen) atoms. The zero-order valence-corrected chi connectivity index (χ0v) is 11.0. The Bertz CT molecular complexity index is 751. The van der Waals surface area contributed by atoms with E-state index in [1.807, 2.05) is 24.3 Å². The Balaban J connectivity index is 1.90. The molecule has 3 rings (SSSR count). The number of rotatable bonds is 3. The molecule has 0 aliphatic carbocycles. The van der Waals surface area contributed by atoms with Crippen LogP contribution in [0.15, 0.2) is 52.0 Å². The molecule has 3 aromatic rings. The van der Waals surface area contributed by atoms with Gasteiger partial charge in [-0.25, -0.2) is 15.0 Å². The fourth-order valence-corrected chi connectivity index (χ4v) is 2.38. The Kier molecular flexibility index (Phi) is 3.21. The zero-order valence-electron chi connectivity index (χ0n) is 10.2. The molecule has 0 unspecified atom stereocenters. The van der Waals surface area contributed by atoms with Gasteiger partial charge in [0.2, 0.25) is 0 Å². The van der Waals surface area contributed by atoms with Crippen molar-refractivity contribution in [2.24, 2.45) is 10.9 Å². The van der Waals surface area contributed by atoms with E-state index in [4.69, 9.17) is 10.9 Å². The van der Waals surface area contributed by atoms with Gasteiger partial charge in [0.25, 0.3) is 0 Å². The van der Waals surface area contributed by atoms with Crippen molar-refractivity contribution < 1.29 is 5.21 Å². The highest BCUT2D eigenvalue weighted by Crippen LogP contribution is 2.24. The molecule has 8 heteroatoms. The lowest BCUT2D eigenvalue weighted by Gasteiger charge is -1.99. The van der Waals surface area contributed by atoms with Crippen molar-refractivity contribution in [3.8, 4) is 0 Å². The number of para-hydroxylation sites is 2. The average Bonchev–Trinajstić information content (AvgIpc) is 2.88. The van der Waals surface area contributed by atoms with Crippen LogP contribution in [0.2, 0.25) is 0 Å². The van der Waals surface area contributed by atoms with Gasteiger partial charge in [-0.2, -0.15) is 0 Å². The summed E-state index contributed by atoms with van der Waals surface area (Å²) >= 11 is 1.27. The number of hydrogen-bond acceptors (Lipinski definition) is 6. The Hall–Kier alpha value is -2.61. The number of H-pyrrole nitrogens is 1. The standard InChI is InChI=1S/C12H10N6OS/c13-10(18-19)9-5-6-14-11(17-9)20-12-15-7-3-1-2-4-8(7)16-12/h1-6,19H,(H2,13,18)(H,15,16). The van der Waals surface area contributed by atoms with E-state index in [1.54, 1.807) is 12.3 Å². The topological polar surface area (TPSA) is 113 Å². The molecule has 0 spiro atoms. The summed E-state index contributed by atoms with van der Waals surface area (Å²) in [5.74, 6) is -0.0566. The number of oxime groups is 1. The van der Waals surface area contributed by atoms with Crippen LogP contribution >= 0.6 is 11.8 Å². The zero-order chi connectivity index (χ0) is 13.9. The first kappa shape index (κ1) is 12.4. The van der Waals surface area contributed by atoms with Gasteiger partial charge in [0.1, 0.15) is 5.69 Å². The number of nitrogens with one attached hydrogen (secondary N) is 1. The van der Waals surface area contributed by atoms with Crippen LogP contribution < -0.4 is 5.73 Å². The first-order chi connectivity index (χ1) is 9.76. The van der Waals surface area contributed by atoms with Gasteiger partial charge in [-0.3, -0.25) is 0 Å². The maximum atomic E-state index is 8.64. The highest BCUT2D eigenvalue weighted by Gasteiger charge is 2.08. The molecule has 100 valence electrons. The lowest BCUT2D eigenvalue weighted by molar-refractivity contribution is 0.318. The Morgan fingerprint density at radius 2 is 2.10 bits per heavy atom. The molecular weight excluding hydrogens is 276 g/mol. The molecule has 1 aromatic carbocycles. The van der Waals surface area contributed by atoms with Crippen molar-refractivity contribution in [3.63, 3.8) is 0 Å². The summed E-state index contributed by atoms with van der Waals surface area (Å²) in [5, 5.41) is 12.7. The summed E-state index contributed by atoms with van der Waals surface area (Å²) in [6.07, 6.45) is 1.55. The molecule has 0 radical (unpaired) electrons. The Morgan fingerprint density at radius 3 is 2.90 bits per heavy atom. The molecule has 0 aliphatic rings. The van der Waals surface area contributed by atoms with Crippen molar-refractivity contribution in [2.45, 2.75) is 10.3 Å². The number of aromatic nitrogens is 4. The second-order valence-corrected chi connectivity index (χ2v) is 4.83. The van der Waals surface area contributed by atoms with Gasteiger partial charge >= 0.3 is 0 Å². The van der Waals surface area contributed by atoms with Gasteiger partial charge in [-0.15, -0.1) is 0 Å². The van der Waals surface area contributed by atoms with Crippen molar-refractivity contribution in [2.75, 3.05) is 0 Å². The fourth-order valence-electron chi connectivity index (χ4n) is 1.65. The summed E-state index contributed by atoms with van der Waals surface area (Å²) in [6.45, 7) is 0. The second-order valence-electron chi connectivity index (χ2n) is 3.87. The van der Waals surface area contributed by atoms with E-state index in [9.17, 15) is 0 Å². The van der Waals surface area contributed by atoms with Gasteiger partial charge in [0.15, 0.2) is 16.1 Å². The highest BCUT2D eigenvalue weighted by molar-refractivity contribution is 7.99. The number of fused-ring (bicyclic) bond motifs is 1. The van der Waals surface area contributed by atoms with Crippen molar-refractivity contribution in [3.05, 3.63) is 42.2 Å². The maximum absolute atomic E-state index is 8.64. The third-order valence-corrected chi connectivity index (χ3v) is 3.33. The maximum Gasteiger partial charge on any atom is 0.196 e. The second kappa shape index (κ2) is 5.17. The largest absolute Gasteiger partial charge is 0.409 e. The molecule has 7 nitrogen and oxygen atoms in total. The number of nitrogens with zero attached hydrogens (tertiary/aromatic N) is 4.